The summed E-state index contributed by atoms with van der Waals surface area (Å²) >= 11 is 0. The smallest absolute Gasteiger partial charge is 0.257 e. The lowest BCUT2D eigenvalue weighted by Gasteiger charge is -2.08. The predicted octanol–water partition coefficient (Wildman–Crippen LogP) is 2.67. The van der Waals surface area contributed by atoms with Gasteiger partial charge in [0.05, 0.1) is 22.9 Å². The molecular weight excluding hydrogens is 264 g/mol. The zero-order valence-electron chi connectivity index (χ0n) is 10.2. The molecule has 4 nitrogen and oxygen atoms in total. The zero-order valence-corrected chi connectivity index (χ0v) is 10.2. The van der Waals surface area contributed by atoms with Gasteiger partial charge in [-0.05, 0) is 36.4 Å². The number of hydrogen-bond acceptors (Lipinski definition) is 3. The van der Waals surface area contributed by atoms with Gasteiger partial charge in [-0.1, -0.05) is 0 Å². The predicted molar refractivity (Wildman–Crippen MR) is 69.9 cm³/mol. The zero-order chi connectivity index (χ0) is 14.7. The van der Waals surface area contributed by atoms with E-state index in [-0.39, 0.29) is 22.5 Å². The molecule has 0 saturated heterocycles. The molecule has 0 aromatic heterocycles. The van der Waals surface area contributed by atoms with Crippen LogP contribution in [0.5, 0.6) is 0 Å². The van der Waals surface area contributed by atoms with Gasteiger partial charge >= 0.3 is 0 Å². The number of carbonyl (C=O) groups excluding carboxylic acids is 1. The standard InChI is InChI=1S/C14H9F2N3O/c15-9-2-3-10(12(18)6-9)14(20)19-13-4-1-8(7-17)5-11(13)16/h1-6H,18H2,(H,19,20). The third-order valence-electron chi connectivity index (χ3n) is 2.60. The molecule has 0 saturated carbocycles. The minimum atomic E-state index is -0.738. The molecule has 1 amide bonds. The number of nitriles is 1. The fraction of sp³-hybridized carbons (Fsp3) is 0. The maximum atomic E-state index is 13.6. The lowest BCUT2D eigenvalue weighted by atomic mass is 10.1. The number of nitrogen functional groups attached to an aromatic ring is 1. The van der Waals surface area contributed by atoms with Crippen molar-refractivity contribution in [2.75, 3.05) is 11.1 Å². The van der Waals surface area contributed by atoms with Gasteiger partial charge in [0.25, 0.3) is 5.91 Å². The Morgan fingerprint density at radius 3 is 2.55 bits per heavy atom. The molecule has 0 spiro atoms. The molecule has 100 valence electrons. The third-order valence-corrected chi connectivity index (χ3v) is 2.60. The summed E-state index contributed by atoms with van der Waals surface area (Å²) in [6.07, 6.45) is 0. The van der Waals surface area contributed by atoms with E-state index < -0.39 is 17.5 Å². The van der Waals surface area contributed by atoms with E-state index >= 15 is 0 Å². The number of anilines is 2. The monoisotopic (exact) mass is 273 g/mol. The fourth-order valence-corrected chi connectivity index (χ4v) is 1.62. The third kappa shape index (κ3) is 2.72. The van der Waals surface area contributed by atoms with Crippen LogP contribution >= 0.6 is 0 Å². The molecular formula is C14H9F2N3O. The molecule has 0 bridgehead atoms. The number of carbonyl (C=O) groups is 1. The molecule has 2 aromatic carbocycles. The largest absolute Gasteiger partial charge is 0.398 e. The van der Waals surface area contributed by atoms with Crippen molar-refractivity contribution in [1.29, 1.82) is 5.26 Å². The van der Waals surface area contributed by atoms with Crippen molar-refractivity contribution in [2.24, 2.45) is 0 Å². The quantitative estimate of drug-likeness (QED) is 0.825. The van der Waals surface area contributed by atoms with Crippen LogP contribution in [0.1, 0.15) is 15.9 Å². The van der Waals surface area contributed by atoms with Crippen LogP contribution in [0.2, 0.25) is 0 Å². The summed E-state index contributed by atoms with van der Waals surface area (Å²) in [6.45, 7) is 0. The first-order chi connectivity index (χ1) is 9.51. The molecule has 0 unspecified atom stereocenters. The van der Waals surface area contributed by atoms with Crippen molar-refractivity contribution in [1.82, 2.24) is 0 Å². The first kappa shape index (κ1) is 13.5. The lowest BCUT2D eigenvalue weighted by molar-refractivity contribution is 0.102. The topological polar surface area (TPSA) is 78.9 Å². The molecule has 0 aliphatic carbocycles. The van der Waals surface area contributed by atoms with Gasteiger partial charge in [-0.2, -0.15) is 5.26 Å². The highest BCUT2D eigenvalue weighted by Crippen LogP contribution is 2.19. The van der Waals surface area contributed by atoms with Crippen molar-refractivity contribution >= 4 is 17.3 Å². The van der Waals surface area contributed by atoms with Crippen LogP contribution in [0.4, 0.5) is 20.2 Å². The summed E-state index contributed by atoms with van der Waals surface area (Å²) in [5.41, 5.74) is 5.57. The Hall–Kier alpha value is -2.94. The van der Waals surface area contributed by atoms with Crippen LogP contribution in [0.3, 0.4) is 0 Å². The molecule has 0 fully saturated rings. The van der Waals surface area contributed by atoms with E-state index in [1.54, 1.807) is 6.07 Å². The number of benzene rings is 2. The van der Waals surface area contributed by atoms with Gasteiger partial charge < -0.3 is 11.1 Å². The first-order valence-electron chi connectivity index (χ1n) is 5.57. The highest BCUT2D eigenvalue weighted by Gasteiger charge is 2.13. The number of hydrogen-bond donors (Lipinski definition) is 2. The highest BCUT2D eigenvalue weighted by atomic mass is 19.1. The molecule has 0 radical (unpaired) electrons. The molecule has 2 rings (SSSR count). The lowest BCUT2D eigenvalue weighted by Crippen LogP contribution is -2.15. The molecule has 0 aliphatic heterocycles. The van der Waals surface area contributed by atoms with E-state index in [0.717, 1.165) is 18.2 Å². The Kier molecular flexibility index (Phi) is 3.62. The van der Waals surface area contributed by atoms with Gasteiger partial charge in [0.2, 0.25) is 0 Å². The van der Waals surface area contributed by atoms with E-state index in [2.05, 4.69) is 5.32 Å². The van der Waals surface area contributed by atoms with E-state index in [9.17, 15) is 13.6 Å². The first-order valence-corrected chi connectivity index (χ1v) is 5.57. The summed E-state index contributed by atoms with van der Waals surface area (Å²) < 4.78 is 26.5. The van der Waals surface area contributed by atoms with Gasteiger partial charge in [-0.25, -0.2) is 8.78 Å². The second-order valence-electron chi connectivity index (χ2n) is 3.99. The number of rotatable bonds is 2. The number of nitrogens with one attached hydrogen (secondary N) is 1. The second kappa shape index (κ2) is 5.36. The summed E-state index contributed by atoms with van der Waals surface area (Å²) in [4.78, 5) is 11.9. The average molecular weight is 273 g/mol. The molecule has 2 aromatic rings. The second-order valence-corrected chi connectivity index (χ2v) is 3.99. The normalized spacial score (nSPS) is 9.85. The van der Waals surface area contributed by atoms with Crippen LogP contribution in [0, 0.1) is 23.0 Å². The minimum absolute atomic E-state index is 0.0372. The van der Waals surface area contributed by atoms with E-state index in [4.69, 9.17) is 11.0 Å². The van der Waals surface area contributed by atoms with Crippen molar-refractivity contribution in [3.8, 4) is 6.07 Å². The van der Waals surface area contributed by atoms with Crippen LogP contribution in [-0.4, -0.2) is 5.91 Å². The summed E-state index contributed by atoms with van der Waals surface area (Å²) in [7, 11) is 0. The number of nitrogens with zero attached hydrogens (tertiary/aromatic N) is 1. The Labute approximate surface area is 113 Å². The Balaban J connectivity index is 2.26. The van der Waals surface area contributed by atoms with Gasteiger partial charge in [0.1, 0.15) is 11.6 Å². The molecule has 6 heteroatoms. The SMILES string of the molecule is N#Cc1ccc(NC(=O)c2ccc(F)cc2N)c(F)c1. The van der Waals surface area contributed by atoms with Gasteiger partial charge in [0.15, 0.2) is 0 Å². The molecule has 0 atom stereocenters. The van der Waals surface area contributed by atoms with E-state index in [1.165, 1.54) is 18.2 Å². The maximum Gasteiger partial charge on any atom is 0.257 e. The van der Waals surface area contributed by atoms with E-state index in [0.29, 0.717) is 0 Å². The number of nitrogens with two attached hydrogens (primary N) is 1. The number of amides is 1. The summed E-state index contributed by atoms with van der Waals surface area (Å²) in [5, 5.41) is 10.9. The van der Waals surface area contributed by atoms with Crippen LogP contribution in [0.15, 0.2) is 36.4 Å². The molecule has 20 heavy (non-hydrogen) atoms. The van der Waals surface area contributed by atoms with Crippen molar-refractivity contribution in [3.63, 3.8) is 0 Å². The van der Waals surface area contributed by atoms with Gasteiger partial charge in [-0.3, -0.25) is 4.79 Å². The summed E-state index contributed by atoms with van der Waals surface area (Å²) in [6, 6.07) is 8.72. The van der Waals surface area contributed by atoms with Crippen LogP contribution in [0.25, 0.3) is 0 Å². The molecule has 0 aliphatic rings. The minimum Gasteiger partial charge on any atom is -0.398 e. The Bertz CT molecular complexity index is 723. The van der Waals surface area contributed by atoms with Gasteiger partial charge in [-0.15, -0.1) is 0 Å². The number of halogens is 2. The van der Waals surface area contributed by atoms with Crippen molar-refractivity contribution in [2.45, 2.75) is 0 Å². The molecule has 0 heterocycles. The van der Waals surface area contributed by atoms with Crippen molar-refractivity contribution in [3.05, 3.63) is 59.2 Å². The molecule has 3 N–H and O–H groups in total. The maximum absolute atomic E-state index is 13.6. The van der Waals surface area contributed by atoms with Crippen LogP contribution in [-0.2, 0) is 0 Å². The highest BCUT2D eigenvalue weighted by molar-refractivity contribution is 6.07. The van der Waals surface area contributed by atoms with Crippen molar-refractivity contribution < 1.29 is 13.6 Å². The van der Waals surface area contributed by atoms with E-state index in [1.807, 2.05) is 0 Å². The average Bonchev–Trinajstić information content (AvgIpc) is 2.40. The Morgan fingerprint density at radius 1 is 1.20 bits per heavy atom. The fourth-order valence-electron chi connectivity index (χ4n) is 1.62. The van der Waals surface area contributed by atoms with Crippen LogP contribution < -0.4 is 11.1 Å². The Morgan fingerprint density at radius 2 is 1.95 bits per heavy atom. The van der Waals surface area contributed by atoms with Gasteiger partial charge in [0, 0.05) is 5.69 Å². The summed E-state index contributed by atoms with van der Waals surface area (Å²) in [5.74, 6) is -1.97.